The van der Waals surface area contributed by atoms with Gasteiger partial charge in [-0.3, -0.25) is 9.89 Å². The van der Waals surface area contributed by atoms with Gasteiger partial charge < -0.3 is 20.1 Å². The van der Waals surface area contributed by atoms with E-state index in [1.807, 2.05) is 13.0 Å². The average Bonchev–Trinajstić information content (AvgIpc) is 3.00. The van der Waals surface area contributed by atoms with Crippen molar-refractivity contribution in [2.24, 2.45) is 4.99 Å². The molecular formula is C17H25F3N4O2. The molecule has 1 aromatic carbocycles. The lowest BCUT2D eigenvalue weighted by Gasteiger charge is -2.20. The quantitative estimate of drug-likeness (QED) is 0.592. The number of nitrogens with zero attached hydrogens (tertiary/aromatic N) is 2. The molecule has 1 heterocycles. The number of hydrogen-bond donors (Lipinski definition) is 2. The minimum absolute atomic E-state index is 0.0897. The van der Waals surface area contributed by atoms with Gasteiger partial charge >= 0.3 is 6.18 Å². The van der Waals surface area contributed by atoms with E-state index >= 15 is 0 Å². The second-order valence-electron chi connectivity index (χ2n) is 5.98. The fourth-order valence-electron chi connectivity index (χ4n) is 2.85. The number of likely N-dealkylation sites (tertiary alicyclic amines) is 1. The van der Waals surface area contributed by atoms with Crippen LogP contribution < -0.4 is 20.1 Å². The first-order chi connectivity index (χ1) is 12.3. The number of aliphatic imine (C=N–C) groups is 1. The van der Waals surface area contributed by atoms with E-state index in [0.717, 1.165) is 5.69 Å². The van der Waals surface area contributed by atoms with Crippen LogP contribution in [0.25, 0.3) is 0 Å². The molecule has 0 radical (unpaired) electrons. The monoisotopic (exact) mass is 374 g/mol. The van der Waals surface area contributed by atoms with Crippen molar-refractivity contribution in [2.75, 3.05) is 45.7 Å². The summed E-state index contributed by atoms with van der Waals surface area (Å²) in [6, 6.07) is 5.31. The Bertz CT molecular complexity index is 623. The molecule has 0 saturated carbocycles. The summed E-state index contributed by atoms with van der Waals surface area (Å²) < 4.78 is 48.3. The summed E-state index contributed by atoms with van der Waals surface area (Å²) in [5.41, 5.74) is 0.739. The Labute approximate surface area is 151 Å². The molecule has 6 nitrogen and oxygen atoms in total. The fraction of sp³-hybridized carbons (Fsp3) is 0.588. The van der Waals surface area contributed by atoms with Crippen molar-refractivity contribution >= 4 is 11.6 Å². The van der Waals surface area contributed by atoms with Crippen LogP contribution >= 0.6 is 0 Å². The predicted molar refractivity (Wildman–Crippen MR) is 95.2 cm³/mol. The van der Waals surface area contributed by atoms with Crippen LogP contribution in [0.1, 0.15) is 13.3 Å². The van der Waals surface area contributed by atoms with Crippen LogP contribution in [0, 0.1) is 0 Å². The van der Waals surface area contributed by atoms with Gasteiger partial charge in [-0.2, -0.15) is 13.2 Å². The zero-order valence-electron chi connectivity index (χ0n) is 15.2. The number of methoxy groups -OCH3 is 1. The second kappa shape index (κ2) is 8.98. The van der Waals surface area contributed by atoms with E-state index in [1.54, 1.807) is 26.3 Å². The molecule has 1 saturated heterocycles. The SMILES string of the molecule is CCOc1ccc(NC(=NC)NC2CCN(CC(F)(F)F)C2)cc1OC. The molecule has 26 heavy (non-hydrogen) atoms. The number of rotatable bonds is 6. The molecule has 0 bridgehead atoms. The molecule has 0 aliphatic carbocycles. The summed E-state index contributed by atoms with van der Waals surface area (Å²) in [6.07, 6.45) is -3.54. The summed E-state index contributed by atoms with van der Waals surface area (Å²) in [5, 5.41) is 6.29. The summed E-state index contributed by atoms with van der Waals surface area (Å²) in [7, 11) is 3.17. The maximum atomic E-state index is 12.5. The largest absolute Gasteiger partial charge is 0.493 e. The van der Waals surface area contributed by atoms with Crippen LogP contribution in [-0.4, -0.2) is 63.5 Å². The van der Waals surface area contributed by atoms with Crippen molar-refractivity contribution in [1.82, 2.24) is 10.2 Å². The molecule has 0 aromatic heterocycles. The van der Waals surface area contributed by atoms with Crippen molar-refractivity contribution in [3.63, 3.8) is 0 Å². The number of benzene rings is 1. The molecule has 146 valence electrons. The van der Waals surface area contributed by atoms with Gasteiger partial charge in [0.1, 0.15) is 0 Å². The van der Waals surface area contributed by atoms with E-state index in [-0.39, 0.29) is 6.04 Å². The smallest absolute Gasteiger partial charge is 0.401 e. The Kier molecular flexibility index (Phi) is 6.96. The zero-order chi connectivity index (χ0) is 19.2. The Morgan fingerprint density at radius 3 is 2.73 bits per heavy atom. The minimum atomic E-state index is -4.17. The van der Waals surface area contributed by atoms with Crippen LogP contribution in [0.5, 0.6) is 11.5 Å². The number of alkyl halides is 3. The highest BCUT2D eigenvalue weighted by Crippen LogP contribution is 2.30. The van der Waals surface area contributed by atoms with E-state index in [0.29, 0.717) is 43.6 Å². The summed E-state index contributed by atoms with van der Waals surface area (Å²) in [5.74, 6) is 1.72. The lowest BCUT2D eigenvalue weighted by molar-refractivity contribution is -0.143. The number of anilines is 1. The number of ether oxygens (including phenoxy) is 2. The zero-order valence-corrected chi connectivity index (χ0v) is 15.2. The topological polar surface area (TPSA) is 58.1 Å². The number of hydrogen-bond acceptors (Lipinski definition) is 4. The predicted octanol–water partition coefficient (Wildman–Crippen LogP) is 2.72. The fourth-order valence-corrected chi connectivity index (χ4v) is 2.85. The van der Waals surface area contributed by atoms with Crippen molar-refractivity contribution in [1.29, 1.82) is 0 Å². The summed E-state index contributed by atoms with van der Waals surface area (Å²) in [4.78, 5) is 5.54. The van der Waals surface area contributed by atoms with E-state index in [1.165, 1.54) is 4.90 Å². The number of guanidine groups is 1. The van der Waals surface area contributed by atoms with Crippen LogP contribution in [-0.2, 0) is 0 Å². The molecule has 1 aliphatic heterocycles. The van der Waals surface area contributed by atoms with E-state index in [4.69, 9.17) is 9.47 Å². The standard InChI is InChI=1S/C17H25F3N4O2/c1-4-26-14-6-5-12(9-15(14)25-3)22-16(21-2)23-13-7-8-24(10-13)11-17(18,19)20/h5-6,9,13H,4,7-8,10-11H2,1-3H3,(H2,21,22,23). The highest BCUT2D eigenvalue weighted by Gasteiger charge is 2.34. The van der Waals surface area contributed by atoms with Crippen LogP contribution in [0.3, 0.4) is 0 Å². The Hall–Kier alpha value is -2.16. The molecule has 1 fully saturated rings. The average molecular weight is 374 g/mol. The van der Waals surface area contributed by atoms with Gasteiger partial charge in [0, 0.05) is 37.9 Å². The minimum Gasteiger partial charge on any atom is -0.493 e. The molecular weight excluding hydrogens is 349 g/mol. The van der Waals surface area contributed by atoms with E-state index < -0.39 is 12.7 Å². The third-order valence-corrected chi connectivity index (χ3v) is 3.97. The van der Waals surface area contributed by atoms with Crippen LogP contribution in [0.4, 0.5) is 18.9 Å². The third-order valence-electron chi connectivity index (χ3n) is 3.97. The summed E-state index contributed by atoms with van der Waals surface area (Å²) >= 11 is 0. The first-order valence-corrected chi connectivity index (χ1v) is 8.45. The Morgan fingerprint density at radius 2 is 2.12 bits per heavy atom. The highest BCUT2D eigenvalue weighted by molar-refractivity contribution is 5.94. The third kappa shape index (κ3) is 5.98. The maximum absolute atomic E-state index is 12.5. The van der Waals surface area contributed by atoms with Gasteiger partial charge in [-0.05, 0) is 25.5 Å². The molecule has 1 aliphatic rings. The first kappa shape index (κ1) is 20.2. The van der Waals surface area contributed by atoms with Crippen molar-refractivity contribution in [3.05, 3.63) is 18.2 Å². The van der Waals surface area contributed by atoms with Crippen LogP contribution in [0.15, 0.2) is 23.2 Å². The normalized spacial score (nSPS) is 18.7. The van der Waals surface area contributed by atoms with Gasteiger partial charge in [0.15, 0.2) is 17.5 Å². The molecule has 0 amide bonds. The van der Waals surface area contributed by atoms with Gasteiger partial charge in [0.2, 0.25) is 0 Å². The van der Waals surface area contributed by atoms with Crippen molar-refractivity contribution in [2.45, 2.75) is 25.6 Å². The molecule has 1 aromatic rings. The van der Waals surface area contributed by atoms with Crippen molar-refractivity contribution in [3.8, 4) is 11.5 Å². The molecule has 9 heteroatoms. The van der Waals surface area contributed by atoms with Gasteiger partial charge in [0.25, 0.3) is 0 Å². The first-order valence-electron chi connectivity index (χ1n) is 8.45. The molecule has 0 spiro atoms. The lowest BCUT2D eigenvalue weighted by atomic mass is 10.2. The molecule has 1 atom stereocenters. The van der Waals surface area contributed by atoms with Gasteiger partial charge in [0.05, 0.1) is 20.3 Å². The molecule has 1 unspecified atom stereocenters. The molecule has 2 rings (SSSR count). The Morgan fingerprint density at radius 1 is 1.35 bits per heavy atom. The number of nitrogens with one attached hydrogen (secondary N) is 2. The maximum Gasteiger partial charge on any atom is 0.401 e. The van der Waals surface area contributed by atoms with Gasteiger partial charge in [-0.15, -0.1) is 0 Å². The lowest BCUT2D eigenvalue weighted by Crippen LogP contribution is -2.42. The van der Waals surface area contributed by atoms with Gasteiger partial charge in [-0.25, -0.2) is 0 Å². The molecule has 2 N–H and O–H groups in total. The van der Waals surface area contributed by atoms with E-state index in [9.17, 15) is 13.2 Å². The van der Waals surface area contributed by atoms with E-state index in [2.05, 4.69) is 15.6 Å². The van der Waals surface area contributed by atoms with Crippen molar-refractivity contribution < 1.29 is 22.6 Å². The second-order valence-corrected chi connectivity index (χ2v) is 5.98. The number of halogens is 3. The van der Waals surface area contributed by atoms with Gasteiger partial charge in [-0.1, -0.05) is 0 Å². The highest BCUT2D eigenvalue weighted by atomic mass is 19.4. The van der Waals surface area contributed by atoms with Crippen LogP contribution in [0.2, 0.25) is 0 Å². The summed E-state index contributed by atoms with van der Waals surface area (Å²) in [6.45, 7) is 2.27. The Balaban J connectivity index is 1.94.